The van der Waals surface area contributed by atoms with Crippen molar-refractivity contribution in [2.75, 3.05) is 5.32 Å². The van der Waals surface area contributed by atoms with E-state index in [0.717, 1.165) is 27.3 Å². The molecule has 5 nitrogen and oxygen atoms in total. The number of halogens is 1. The first kappa shape index (κ1) is 16.6. The van der Waals surface area contributed by atoms with Gasteiger partial charge in [0.1, 0.15) is 11.8 Å². The Labute approximate surface area is 152 Å². The van der Waals surface area contributed by atoms with Crippen LogP contribution in [0.4, 0.5) is 10.6 Å². The monoisotopic (exact) mass is 403 g/mol. The molecule has 1 atom stereocenters. The van der Waals surface area contributed by atoms with E-state index in [1.807, 2.05) is 61.5 Å². The summed E-state index contributed by atoms with van der Waals surface area (Å²) in [7, 11) is 0. The Kier molecular flexibility index (Phi) is 5.22. The minimum Gasteiger partial charge on any atom is -0.441 e. The molecule has 0 aliphatic carbocycles. The number of amides is 1. The number of aromatic nitrogens is 2. The fourth-order valence-electron chi connectivity index (χ4n) is 2.15. The maximum absolute atomic E-state index is 12.1. The largest absolute Gasteiger partial charge is 0.441 e. The summed E-state index contributed by atoms with van der Waals surface area (Å²) in [5.74, 6) is 0.396. The van der Waals surface area contributed by atoms with Crippen molar-refractivity contribution in [3.63, 3.8) is 0 Å². The molecule has 122 valence electrons. The van der Waals surface area contributed by atoms with Gasteiger partial charge in [-0.05, 0) is 24.6 Å². The molecule has 24 heavy (non-hydrogen) atoms. The number of ether oxygens (including phenoxy) is 1. The molecule has 0 aliphatic heterocycles. The Hall–Kier alpha value is -2.25. The average molecular weight is 404 g/mol. The number of carbonyl (C=O) groups excluding carboxylic acids is 1. The van der Waals surface area contributed by atoms with Gasteiger partial charge in [-0.15, -0.1) is 0 Å². The van der Waals surface area contributed by atoms with Gasteiger partial charge in [0.05, 0.1) is 11.7 Å². The van der Waals surface area contributed by atoms with Crippen LogP contribution in [-0.2, 0) is 4.74 Å². The smallest absolute Gasteiger partial charge is 0.413 e. The molecule has 3 rings (SSSR count). The summed E-state index contributed by atoms with van der Waals surface area (Å²) in [4.78, 5) is 12.1. The lowest BCUT2D eigenvalue weighted by molar-refractivity contribution is 0.121. The first-order chi connectivity index (χ1) is 11.6. The molecule has 0 saturated heterocycles. The zero-order valence-corrected chi connectivity index (χ0v) is 15.2. The number of anilines is 1. The molecule has 0 bridgehead atoms. The maximum Gasteiger partial charge on any atom is 0.413 e. The van der Waals surface area contributed by atoms with Gasteiger partial charge < -0.3 is 4.74 Å². The lowest BCUT2D eigenvalue weighted by atomic mass is 10.1. The predicted octanol–water partition coefficient (Wildman–Crippen LogP) is 5.28. The van der Waals surface area contributed by atoms with Crippen LogP contribution >= 0.6 is 27.7 Å². The zero-order chi connectivity index (χ0) is 16.9. The first-order valence-corrected chi connectivity index (χ1v) is 8.77. The van der Waals surface area contributed by atoms with Crippen molar-refractivity contribution in [2.24, 2.45) is 0 Å². The molecule has 0 spiro atoms. The van der Waals surface area contributed by atoms with E-state index in [2.05, 4.69) is 30.0 Å². The number of benzene rings is 2. The third-order valence-corrected chi connectivity index (χ3v) is 4.44. The second kappa shape index (κ2) is 7.55. The number of rotatable bonds is 4. The number of hydrogen-bond donors (Lipinski definition) is 1. The highest BCUT2D eigenvalue weighted by Gasteiger charge is 2.16. The quantitative estimate of drug-likeness (QED) is 0.643. The molecule has 1 aromatic heterocycles. The van der Waals surface area contributed by atoms with Crippen LogP contribution < -0.4 is 5.32 Å². The van der Waals surface area contributed by atoms with Crippen molar-refractivity contribution < 1.29 is 9.53 Å². The van der Waals surface area contributed by atoms with Crippen molar-refractivity contribution in [3.05, 3.63) is 64.6 Å². The Bertz CT molecular complexity index is 821. The van der Waals surface area contributed by atoms with E-state index in [4.69, 9.17) is 4.74 Å². The normalized spacial score (nSPS) is 11.8. The molecule has 0 aliphatic rings. The van der Waals surface area contributed by atoms with E-state index in [1.165, 1.54) is 0 Å². The summed E-state index contributed by atoms with van der Waals surface area (Å²) in [6, 6.07) is 17.2. The fourth-order valence-corrected chi connectivity index (χ4v) is 2.94. The van der Waals surface area contributed by atoms with E-state index in [0.29, 0.717) is 11.5 Å². The Morgan fingerprint density at radius 3 is 2.54 bits per heavy atom. The van der Waals surface area contributed by atoms with Crippen molar-refractivity contribution in [2.45, 2.75) is 13.0 Å². The Balaban J connectivity index is 1.69. The molecule has 1 amide bonds. The molecule has 7 heteroatoms. The molecule has 0 unspecified atom stereocenters. The van der Waals surface area contributed by atoms with Crippen LogP contribution in [-0.4, -0.2) is 14.8 Å². The highest BCUT2D eigenvalue weighted by atomic mass is 79.9. The van der Waals surface area contributed by atoms with Gasteiger partial charge in [0.25, 0.3) is 0 Å². The van der Waals surface area contributed by atoms with Crippen molar-refractivity contribution >= 4 is 39.6 Å². The summed E-state index contributed by atoms with van der Waals surface area (Å²) in [5, 5.41) is 2.67. The van der Waals surface area contributed by atoms with Gasteiger partial charge in [-0.2, -0.15) is 8.75 Å². The van der Waals surface area contributed by atoms with Gasteiger partial charge in [-0.1, -0.05) is 58.4 Å². The van der Waals surface area contributed by atoms with Crippen LogP contribution in [0.15, 0.2) is 59.1 Å². The minimum absolute atomic E-state index is 0.353. The van der Waals surface area contributed by atoms with E-state index in [1.54, 1.807) is 0 Å². The summed E-state index contributed by atoms with van der Waals surface area (Å²) in [5.41, 5.74) is 2.42. The lowest BCUT2D eigenvalue weighted by Gasteiger charge is -2.13. The minimum atomic E-state index is -0.558. The molecular formula is C17H14BrN3O2S. The highest BCUT2D eigenvalue weighted by Crippen LogP contribution is 2.27. The van der Waals surface area contributed by atoms with Crippen molar-refractivity contribution in [3.8, 4) is 11.3 Å². The van der Waals surface area contributed by atoms with Crippen LogP contribution in [0.5, 0.6) is 0 Å². The van der Waals surface area contributed by atoms with Gasteiger partial charge in [0.2, 0.25) is 0 Å². The standard InChI is InChI=1S/C17H14BrN3O2S/c1-11(12-5-3-2-4-6-12)23-17(22)19-16-15(20-24-21-16)13-7-9-14(18)10-8-13/h2-11H,1H3,(H,19,21,22)/t11-/m1/s1. The second-order valence-electron chi connectivity index (χ2n) is 5.05. The van der Waals surface area contributed by atoms with Crippen LogP contribution in [0, 0.1) is 0 Å². The summed E-state index contributed by atoms with van der Waals surface area (Å²) in [6.07, 6.45) is -0.911. The molecule has 3 aromatic rings. The maximum atomic E-state index is 12.1. The molecule has 0 radical (unpaired) electrons. The van der Waals surface area contributed by atoms with E-state index in [9.17, 15) is 4.79 Å². The SMILES string of the molecule is C[C@@H](OC(=O)Nc1nsnc1-c1ccc(Br)cc1)c1ccccc1. The number of nitrogens with zero attached hydrogens (tertiary/aromatic N) is 2. The molecule has 0 fully saturated rings. The van der Waals surface area contributed by atoms with Crippen LogP contribution in [0.1, 0.15) is 18.6 Å². The zero-order valence-electron chi connectivity index (χ0n) is 12.8. The second-order valence-corrected chi connectivity index (χ2v) is 6.50. The topological polar surface area (TPSA) is 64.1 Å². The van der Waals surface area contributed by atoms with Gasteiger partial charge in [-0.25, -0.2) is 4.79 Å². The van der Waals surface area contributed by atoms with E-state index >= 15 is 0 Å². The van der Waals surface area contributed by atoms with E-state index in [-0.39, 0.29) is 6.10 Å². The van der Waals surface area contributed by atoms with Gasteiger partial charge in [0.15, 0.2) is 5.82 Å². The molecular weight excluding hydrogens is 390 g/mol. The highest BCUT2D eigenvalue weighted by molar-refractivity contribution is 9.10. The van der Waals surface area contributed by atoms with Gasteiger partial charge in [-0.3, -0.25) is 5.32 Å². The Morgan fingerprint density at radius 2 is 1.83 bits per heavy atom. The molecule has 1 N–H and O–H groups in total. The third kappa shape index (κ3) is 3.98. The average Bonchev–Trinajstić information content (AvgIpc) is 3.04. The summed E-state index contributed by atoms with van der Waals surface area (Å²) in [6.45, 7) is 1.82. The van der Waals surface area contributed by atoms with Crippen LogP contribution in [0.3, 0.4) is 0 Å². The van der Waals surface area contributed by atoms with Crippen molar-refractivity contribution in [1.29, 1.82) is 0 Å². The van der Waals surface area contributed by atoms with Crippen LogP contribution in [0.25, 0.3) is 11.3 Å². The van der Waals surface area contributed by atoms with E-state index < -0.39 is 6.09 Å². The van der Waals surface area contributed by atoms with Gasteiger partial charge >= 0.3 is 6.09 Å². The van der Waals surface area contributed by atoms with Crippen molar-refractivity contribution in [1.82, 2.24) is 8.75 Å². The van der Waals surface area contributed by atoms with Crippen LogP contribution in [0.2, 0.25) is 0 Å². The number of hydrogen-bond acceptors (Lipinski definition) is 5. The molecule has 2 aromatic carbocycles. The predicted molar refractivity (Wildman–Crippen MR) is 98.0 cm³/mol. The molecule has 0 saturated carbocycles. The lowest BCUT2D eigenvalue weighted by Crippen LogP contribution is -2.16. The first-order valence-electron chi connectivity index (χ1n) is 7.24. The number of carbonyl (C=O) groups is 1. The fraction of sp³-hybridized carbons (Fsp3) is 0.118. The molecule has 1 heterocycles. The Morgan fingerprint density at radius 1 is 1.12 bits per heavy atom. The van der Waals surface area contributed by atoms with Gasteiger partial charge in [0, 0.05) is 10.0 Å². The third-order valence-electron chi connectivity index (χ3n) is 3.38. The summed E-state index contributed by atoms with van der Waals surface area (Å²) >= 11 is 4.43. The summed E-state index contributed by atoms with van der Waals surface area (Å²) < 4.78 is 14.8. The number of nitrogens with one attached hydrogen (secondary N) is 1.